The maximum absolute atomic E-state index is 11.0. The quantitative estimate of drug-likeness (QED) is 0.287. The van der Waals surface area contributed by atoms with Crippen LogP contribution in [0.25, 0.3) is 0 Å². The third-order valence-electron chi connectivity index (χ3n) is 1.40. The summed E-state index contributed by atoms with van der Waals surface area (Å²) in [7, 11) is 2.90. The molecule has 0 spiro atoms. The van der Waals surface area contributed by atoms with Crippen molar-refractivity contribution in [3.8, 4) is 0 Å². The van der Waals surface area contributed by atoms with Crippen molar-refractivity contribution in [3.63, 3.8) is 0 Å². The van der Waals surface area contributed by atoms with Crippen LogP contribution in [0, 0.1) is 0 Å². The zero-order valence-electron chi connectivity index (χ0n) is 7.72. The number of hydrogen-bond acceptors (Lipinski definition) is 4. The predicted octanol–water partition coefficient (Wildman–Crippen LogP) is 0.647. The van der Waals surface area contributed by atoms with Gasteiger partial charge in [0.05, 0.1) is 14.2 Å². The molecule has 0 fully saturated rings. The van der Waals surface area contributed by atoms with E-state index in [4.69, 9.17) is 0 Å². The molecular formula is C8H15NO3. The number of carbonyl (C=O) groups excluding carboxylic acids is 1. The fourth-order valence-corrected chi connectivity index (χ4v) is 0.751. The van der Waals surface area contributed by atoms with Crippen molar-refractivity contribution in [2.75, 3.05) is 20.8 Å². The second-order valence-corrected chi connectivity index (χ2v) is 2.13. The first-order valence-electron chi connectivity index (χ1n) is 3.79. The minimum Gasteiger partial charge on any atom is -0.466 e. The number of ether oxygens (including phenoxy) is 1. The standard InChI is InChI=1S/C8H15NO3/c1-4-7(8(10)11-2)5-6-9-12-3/h5,9H,4,6H2,1-3H3. The highest BCUT2D eigenvalue weighted by atomic mass is 16.6. The Morgan fingerprint density at radius 2 is 2.17 bits per heavy atom. The smallest absolute Gasteiger partial charge is 0.333 e. The largest absolute Gasteiger partial charge is 0.466 e. The van der Waals surface area contributed by atoms with E-state index in [0.29, 0.717) is 18.5 Å². The van der Waals surface area contributed by atoms with Gasteiger partial charge < -0.3 is 9.57 Å². The monoisotopic (exact) mass is 173 g/mol. The third-order valence-corrected chi connectivity index (χ3v) is 1.40. The number of nitrogens with one attached hydrogen (secondary N) is 1. The molecular weight excluding hydrogens is 158 g/mol. The number of esters is 1. The van der Waals surface area contributed by atoms with Crippen LogP contribution >= 0.6 is 0 Å². The molecule has 0 unspecified atom stereocenters. The van der Waals surface area contributed by atoms with E-state index in [-0.39, 0.29) is 5.97 Å². The van der Waals surface area contributed by atoms with Gasteiger partial charge in [-0.1, -0.05) is 13.0 Å². The number of rotatable bonds is 5. The van der Waals surface area contributed by atoms with E-state index >= 15 is 0 Å². The van der Waals surface area contributed by atoms with Gasteiger partial charge in [0.1, 0.15) is 0 Å². The van der Waals surface area contributed by atoms with Gasteiger partial charge in [0.2, 0.25) is 0 Å². The van der Waals surface area contributed by atoms with E-state index in [1.54, 1.807) is 6.08 Å². The molecule has 70 valence electrons. The minimum atomic E-state index is -0.282. The summed E-state index contributed by atoms with van der Waals surface area (Å²) < 4.78 is 4.56. The van der Waals surface area contributed by atoms with Crippen LogP contribution in [-0.4, -0.2) is 26.7 Å². The lowest BCUT2D eigenvalue weighted by Crippen LogP contribution is -2.13. The van der Waals surface area contributed by atoms with Gasteiger partial charge in [-0.05, 0) is 6.42 Å². The molecule has 0 bridgehead atoms. The Bertz CT molecular complexity index is 166. The summed E-state index contributed by atoms with van der Waals surface area (Å²) >= 11 is 0. The van der Waals surface area contributed by atoms with Crippen molar-refractivity contribution >= 4 is 5.97 Å². The molecule has 0 rings (SSSR count). The molecule has 0 saturated carbocycles. The maximum atomic E-state index is 11.0. The molecule has 0 aliphatic carbocycles. The number of methoxy groups -OCH3 is 1. The third kappa shape index (κ3) is 4.10. The molecule has 0 atom stereocenters. The highest BCUT2D eigenvalue weighted by molar-refractivity contribution is 5.88. The zero-order valence-corrected chi connectivity index (χ0v) is 7.72. The van der Waals surface area contributed by atoms with E-state index in [0.717, 1.165) is 0 Å². The van der Waals surface area contributed by atoms with E-state index in [9.17, 15) is 4.79 Å². The molecule has 0 aliphatic rings. The average molecular weight is 173 g/mol. The lowest BCUT2D eigenvalue weighted by atomic mass is 10.2. The fraction of sp³-hybridized carbons (Fsp3) is 0.625. The fourth-order valence-electron chi connectivity index (χ4n) is 0.751. The Morgan fingerprint density at radius 1 is 1.50 bits per heavy atom. The topological polar surface area (TPSA) is 47.6 Å². The second kappa shape index (κ2) is 6.82. The highest BCUT2D eigenvalue weighted by Gasteiger charge is 2.04. The van der Waals surface area contributed by atoms with E-state index in [1.165, 1.54) is 14.2 Å². The van der Waals surface area contributed by atoms with Crippen LogP contribution in [0.1, 0.15) is 13.3 Å². The van der Waals surface area contributed by atoms with Crippen molar-refractivity contribution in [3.05, 3.63) is 11.6 Å². The molecule has 12 heavy (non-hydrogen) atoms. The maximum Gasteiger partial charge on any atom is 0.333 e. The van der Waals surface area contributed by atoms with Crippen molar-refractivity contribution in [2.24, 2.45) is 0 Å². The van der Waals surface area contributed by atoms with E-state index in [2.05, 4.69) is 15.1 Å². The first-order valence-corrected chi connectivity index (χ1v) is 3.79. The molecule has 0 radical (unpaired) electrons. The molecule has 0 amide bonds. The van der Waals surface area contributed by atoms with Gasteiger partial charge in [-0.3, -0.25) is 0 Å². The minimum absolute atomic E-state index is 0.282. The Morgan fingerprint density at radius 3 is 2.58 bits per heavy atom. The molecule has 0 aromatic carbocycles. The molecule has 4 nitrogen and oxygen atoms in total. The van der Waals surface area contributed by atoms with Crippen LogP contribution in [0.15, 0.2) is 11.6 Å². The van der Waals surface area contributed by atoms with Crippen molar-refractivity contribution in [1.82, 2.24) is 5.48 Å². The molecule has 0 aromatic rings. The summed E-state index contributed by atoms with van der Waals surface area (Å²) in [4.78, 5) is 15.6. The zero-order chi connectivity index (χ0) is 9.40. The van der Waals surface area contributed by atoms with Crippen LogP contribution < -0.4 is 5.48 Å². The number of hydrogen-bond donors (Lipinski definition) is 1. The molecule has 0 aromatic heterocycles. The van der Waals surface area contributed by atoms with Gasteiger partial charge >= 0.3 is 5.97 Å². The average Bonchev–Trinajstić information content (AvgIpc) is 2.11. The van der Waals surface area contributed by atoms with Crippen LogP contribution in [0.5, 0.6) is 0 Å². The van der Waals surface area contributed by atoms with E-state index < -0.39 is 0 Å². The highest BCUT2D eigenvalue weighted by Crippen LogP contribution is 2.01. The molecule has 4 heteroatoms. The lowest BCUT2D eigenvalue weighted by Gasteiger charge is -2.01. The van der Waals surface area contributed by atoms with Crippen LogP contribution in [0.4, 0.5) is 0 Å². The first-order chi connectivity index (χ1) is 5.76. The van der Waals surface area contributed by atoms with Crippen molar-refractivity contribution in [1.29, 1.82) is 0 Å². The van der Waals surface area contributed by atoms with Gasteiger partial charge in [-0.2, -0.15) is 5.48 Å². The number of hydroxylamine groups is 1. The summed E-state index contributed by atoms with van der Waals surface area (Å²) in [6, 6.07) is 0. The second-order valence-electron chi connectivity index (χ2n) is 2.13. The number of carbonyl (C=O) groups is 1. The summed E-state index contributed by atoms with van der Waals surface area (Å²) in [5, 5.41) is 0. The Hall–Kier alpha value is -0.870. The van der Waals surface area contributed by atoms with Gasteiger partial charge in [0.25, 0.3) is 0 Å². The molecule has 0 saturated heterocycles. The molecule has 0 heterocycles. The van der Waals surface area contributed by atoms with Crippen molar-refractivity contribution < 1.29 is 14.4 Å². The summed E-state index contributed by atoms with van der Waals surface area (Å²) in [5.41, 5.74) is 3.26. The molecule has 1 N–H and O–H groups in total. The Balaban J connectivity index is 3.95. The summed E-state index contributed by atoms with van der Waals surface area (Å²) in [5.74, 6) is -0.282. The summed E-state index contributed by atoms with van der Waals surface area (Å²) in [6.45, 7) is 2.41. The SMILES string of the molecule is CCC(=CCNOC)C(=O)OC. The van der Waals surface area contributed by atoms with Crippen LogP contribution in [-0.2, 0) is 14.4 Å². The van der Waals surface area contributed by atoms with Crippen LogP contribution in [0.2, 0.25) is 0 Å². The molecule has 0 aliphatic heterocycles. The van der Waals surface area contributed by atoms with Gasteiger partial charge in [-0.25, -0.2) is 4.79 Å². The first kappa shape index (κ1) is 11.1. The van der Waals surface area contributed by atoms with E-state index in [1.807, 2.05) is 6.92 Å². The summed E-state index contributed by atoms with van der Waals surface area (Å²) in [6.07, 6.45) is 2.41. The van der Waals surface area contributed by atoms with Gasteiger partial charge in [0, 0.05) is 12.1 Å². The normalized spacial score (nSPS) is 11.4. The predicted molar refractivity (Wildman–Crippen MR) is 45.4 cm³/mol. The lowest BCUT2D eigenvalue weighted by molar-refractivity contribution is -0.136. The van der Waals surface area contributed by atoms with Crippen LogP contribution in [0.3, 0.4) is 0 Å². The Kier molecular flexibility index (Phi) is 6.32. The van der Waals surface area contributed by atoms with Gasteiger partial charge in [-0.15, -0.1) is 0 Å². The van der Waals surface area contributed by atoms with Crippen molar-refractivity contribution in [2.45, 2.75) is 13.3 Å². The van der Waals surface area contributed by atoms with Gasteiger partial charge in [0.15, 0.2) is 0 Å². The Labute approximate surface area is 72.5 Å².